The van der Waals surface area contributed by atoms with Crippen molar-refractivity contribution < 1.29 is 14.3 Å². The van der Waals surface area contributed by atoms with Gasteiger partial charge in [-0.1, -0.05) is 44.2 Å². The predicted octanol–water partition coefficient (Wildman–Crippen LogP) is 4.72. The molecule has 0 aromatic heterocycles. The van der Waals surface area contributed by atoms with Crippen molar-refractivity contribution in [2.75, 3.05) is 26.5 Å². The summed E-state index contributed by atoms with van der Waals surface area (Å²) in [6.45, 7) is 5.08. The first-order valence-electron chi connectivity index (χ1n) is 8.80. The minimum atomic E-state index is -0.0535. The van der Waals surface area contributed by atoms with Crippen molar-refractivity contribution in [1.29, 1.82) is 0 Å². The molecule has 5 heteroatoms. The molecule has 0 bridgehead atoms. The Balaban J connectivity index is 1.92. The van der Waals surface area contributed by atoms with Gasteiger partial charge in [-0.2, -0.15) is 0 Å². The maximum atomic E-state index is 13.3. The molecule has 1 saturated heterocycles. The van der Waals surface area contributed by atoms with Crippen LogP contribution in [0.1, 0.15) is 46.6 Å². The van der Waals surface area contributed by atoms with E-state index in [1.807, 2.05) is 11.0 Å². The zero-order valence-corrected chi connectivity index (χ0v) is 16.5. The van der Waals surface area contributed by atoms with E-state index >= 15 is 0 Å². The number of rotatable bonds is 5. The summed E-state index contributed by atoms with van der Waals surface area (Å²) in [5.41, 5.74) is 2.95. The smallest absolute Gasteiger partial charge is 0.262 e. The Labute approximate surface area is 159 Å². The number of hydrogen-bond acceptors (Lipinski definition) is 4. The molecule has 1 aliphatic heterocycles. The summed E-state index contributed by atoms with van der Waals surface area (Å²) >= 11 is 1.79. The molecule has 2 aromatic carbocycles. The maximum Gasteiger partial charge on any atom is 0.262 e. The summed E-state index contributed by atoms with van der Waals surface area (Å²) in [5, 5.41) is 0.0123. The van der Waals surface area contributed by atoms with Crippen LogP contribution in [0, 0.1) is 0 Å². The number of carbonyl (C=O) groups excluding carboxylic acids is 1. The zero-order valence-electron chi connectivity index (χ0n) is 15.7. The number of nitrogens with zero attached hydrogens (tertiary/aromatic N) is 1. The SMILES string of the molecule is COc1cccc(OC)c1C(=O)N1CCS[C@H]1c1ccc(C(C)C)cc1. The molecule has 0 radical (unpaired) electrons. The Morgan fingerprint density at radius 2 is 1.69 bits per heavy atom. The van der Waals surface area contributed by atoms with E-state index in [1.54, 1.807) is 38.1 Å². The van der Waals surface area contributed by atoms with Gasteiger partial charge in [-0.15, -0.1) is 11.8 Å². The molecule has 1 aliphatic rings. The van der Waals surface area contributed by atoms with Crippen molar-refractivity contribution in [3.8, 4) is 11.5 Å². The van der Waals surface area contributed by atoms with Crippen LogP contribution in [0.2, 0.25) is 0 Å². The number of amides is 1. The molecule has 0 saturated carbocycles. The first-order valence-corrected chi connectivity index (χ1v) is 9.85. The summed E-state index contributed by atoms with van der Waals surface area (Å²) in [6.07, 6.45) is 0. The molecule has 1 amide bonds. The second-order valence-corrected chi connectivity index (χ2v) is 7.77. The van der Waals surface area contributed by atoms with E-state index in [2.05, 4.69) is 38.1 Å². The molecular weight excluding hydrogens is 346 g/mol. The average Bonchev–Trinajstić information content (AvgIpc) is 3.16. The van der Waals surface area contributed by atoms with E-state index in [0.29, 0.717) is 29.5 Å². The zero-order chi connectivity index (χ0) is 18.7. The summed E-state index contributed by atoms with van der Waals surface area (Å²) in [6, 6.07) is 14.0. The normalized spacial score (nSPS) is 16.8. The third kappa shape index (κ3) is 3.54. The van der Waals surface area contributed by atoms with Crippen LogP contribution in [0.15, 0.2) is 42.5 Å². The van der Waals surface area contributed by atoms with Crippen LogP contribution < -0.4 is 9.47 Å². The fourth-order valence-electron chi connectivity index (χ4n) is 3.21. The van der Waals surface area contributed by atoms with Crippen LogP contribution in [0.5, 0.6) is 11.5 Å². The molecule has 138 valence electrons. The van der Waals surface area contributed by atoms with E-state index in [0.717, 1.165) is 11.3 Å². The number of ether oxygens (including phenoxy) is 2. The third-order valence-electron chi connectivity index (χ3n) is 4.68. The van der Waals surface area contributed by atoms with Crippen molar-refractivity contribution in [2.24, 2.45) is 0 Å². The van der Waals surface area contributed by atoms with Crippen LogP contribution in [-0.4, -0.2) is 37.3 Å². The van der Waals surface area contributed by atoms with E-state index in [4.69, 9.17) is 9.47 Å². The number of benzene rings is 2. The van der Waals surface area contributed by atoms with Crippen molar-refractivity contribution >= 4 is 17.7 Å². The van der Waals surface area contributed by atoms with Gasteiger partial charge in [0.05, 0.1) is 14.2 Å². The van der Waals surface area contributed by atoms with Crippen LogP contribution in [0.25, 0.3) is 0 Å². The van der Waals surface area contributed by atoms with Gasteiger partial charge < -0.3 is 14.4 Å². The minimum absolute atomic E-state index is 0.0123. The molecule has 0 N–H and O–H groups in total. The summed E-state index contributed by atoms with van der Waals surface area (Å²) in [4.78, 5) is 15.2. The quantitative estimate of drug-likeness (QED) is 0.763. The van der Waals surface area contributed by atoms with Gasteiger partial charge in [-0.3, -0.25) is 4.79 Å². The topological polar surface area (TPSA) is 38.8 Å². The molecule has 2 aromatic rings. The van der Waals surface area contributed by atoms with Gasteiger partial charge in [-0.05, 0) is 29.2 Å². The maximum absolute atomic E-state index is 13.3. The summed E-state index contributed by atoms with van der Waals surface area (Å²) in [5.74, 6) is 2.44. The van der Waals surface area contributed by atoms with Gasteiger partial charge in [0.15, 0.2) is 0 Å². The summed E-state index contributed by atoms with van der Waals surface area (Å²) < 4.78 is 10.8. The number of hydrogen-bond donors (Lipinski definition) is 0. The molecule has 1 heterocycles. The van der Waals surface area contributed by atoms with Gasteiger partial charge in [0.25, 0.3) is 5.91 Å². The monoisotopic (exact) mass is 371 g/mol. The van der Waals surface area contributed by atoms with Gasteiger partial charge in [0, 0.05) is 12.3 Å². The second kappa shape index (κ2) is 8.04. The van der Waals surface area contributed by atoms with Crippen LogP contribution in [-0.2, 0) is 0 Å². The molecular formula is C21H25NO3S. The lowest BCUT2D eigenvalue weighted by atomic mass is 10.0. The van der Waals surface area contributed by atoms with Crippen LogP contribution in [0.3, 0.4) is 0 Å². The fraction of sp³-hybridized carbons (Fsp3) is 0.381. The highest BCUT2D eigenvalue weighted by Crippen LogP contribution is 2.41. The average molecular weight is 372 g/mol. The Morgan fingerprint density at radius 3 is 2.23 bits per heavy atom. The lowest BCUT2D eigenvalue weighted by Crippen LogP contribution is -2.31. The van der Waals surface area contributed by atoms with Gasteiger partial charge in [0.2, 0.25) is 0 Å². The predicted molar refractivity (Wildman–Crippen MR) is 106 cm³/mol. The molecule has 0 aliphatic carbocycles. The molecule has 26 heavy (non-hydrogen) atoms. The summed E-state index contributed by atoms with van der Waals surface area (Å²) in [7, 11) is 3.15. The van der Waals surface area contributed by atoms with Gasteiger partial charge in [-0.25, -0.2) is 0 Å². The second-order valence-electron chi connectivity index (χ2n) is 6.58. The molecule has 0 spiro atoms. The molecule has 3 rings (SSSR count). The minimum Gasteiger partial charge on any atom is -0.496 e. The lowest BCUT2D eigenvalue weighted by molar-refractivity contribution is 0.0753. The van der Waals surface area contributed by atoms with Crippen molar-refractivity contribution in [2.45, 2.75) is 25.1 Å². The first-order chi connectivity index (χ1) is 12.6. The van der Waals surface area contributed by atoms with Crippen LogP contribution in [0.4, 0.5) is 0 Å². The van der Waals surface area contributed by atoms with E-state index < -0.39 is 0 Å². The molecule has 1 atom stereocenters. The number of methoxy groups -OCH3 is 2. The van der Waals surface area contributed by atoms with Crippen molar-refractivity contribution in [3.05, 3.63) is 59.2 Å². The molecule has 4 nitrogen and oxygen atoms in total. The van der Waals surface area contributed by atoms with Gasteiger partial charge in [0.1, 0.15) is 22.4 Å². The molecule has 0 unspecified atom stereocenters. The molecule has 1 fully saturated rings. The van der Waals surface area contributed by atoms with E-state index in [9.17, 15) is 4.79 Å². The van der Waals surface area contributed by atoms with Crippen molar-refractivity contribution in [3.63, 3.8) is 0 Å². The fourth-order valence-corrected chi connectivity index (χ4v) is 4.46. The Bertz CT molecular complexity index is 751. The highest BCUT2D eigenvalue weighted by atomic mass is 32.2. The lowest BCUT2D eigenvalue weighted by Gasteiger charge is -2.26. The van der Waals surface area contributed by atoms with Gasteiger partial charge >= 0.3 is 0 Å². The van der Waals surface area contributed by atoms with E-state index in [1.165, 1.54) is 5.56 Å². The third-order valence-corrected chi connectivity index (χ3v) is 5.94. The number of thioether (sulfide) groups is 1. The van der Waals surface area contributed by atoms with Crippen molar-refractivity contribution in [1.82, 2.24) is 4.90 Å². The largest absolute Gasteiger partial charge is 0.496 e. The Hall–Kier alpha value is -2.14. The van der Waals surface area contributed by atoms with Crippen LogP contribution >= 0.6 is 11.8 Å². The standard InChI is InChI=1S/C21H25NO3S/c1-14(2)15-8-10-16(11-9-15)21-22(12-13-26-21)20(23)19-17(24-3)6-5-7-18(19)25-4/h5-11,14,21H,12-13H2,1-4H3/t21-/m0/s1. The number of carbonyl (C=O) groups is 1. The Kier molecular flexibility index (Phi) is 5.77. The highest BCUT2D eigenvalue weighted by Gasteiger charge is 2.34. The Morgan fingerprint density at radius 1 is 1.08 bits per heavy atom. The highest BCUT2D eigenvalue weighted by molar-refractivity contribution is 7.99. The van der Waals surface area contributed by atoms with E-state index in [-0.39, 0.29) is 11.3 Å². The first kappa shape index (κ1) is 18.6.